The summed E-state index contributed by atoms with van der Waals surface area (Å²) in [5.74, 6) is 1.74. The number of nitrogens with zero attached hydrogens (tertiary/aromatic N) is 4. The van der Waals surface area contributed by atoms with Crippen molar-refractivity contribution in [3.05, 3.63) is 47.9 Å². The van der Waals surface area contributed by atoms with Gasteiger partial charge in [-0.3, -0.25) is 14.7 Å². The first-order chi connectivity index (χ1) is 18.1. The molecule has 0 bridgehead atoms. The van der Waals surface area contributed by atoms with Gasteiger partial charge in [0.2, 0.25) is 5.91 Å². The number of nitrogens with one attached hydrogen (secondary N) is 3. The van der Waals surface area contributed by atoms with E-state index in [1.807, 2.05) is 35.1 Å². The number of hydrogen-bond donors (Lipinski definition) is 4. The van der Waals surface area contributed by atoms with Gasteiger partial charge in [-0.2, -0.15) is 5.10 Å². The van der Waals surface area contributed by atoms with Crippen LogP contribution in [0.25, 0.3) is 11.3 Å². The van der Waals surface area contributed by atoms with Crippen LogP contribution in [0.1, 0.15) is 44.9 Å². The average molecular weight is 528 g/mol. The molecule has 0 saturated carbocycles. The number of carbonyl (C=O) groups is 1. The molecule has 4 heterocycles. The van der Waals surface area contributed by atoms with Gasteiger partial charge in [0.25, 0.3) is 0 Å². The van der Waals surface area contributed by atoms with Gasteiger partial charge in [-0.05, 0) is 49.8 Å². The Bertz CT molecular complexity index is 1150. The van der Waals surface area contributed by atoms with Crippen molar-refractivity contribution in [1.82, 2.24) is 25.2 Å². The van der Waals surface area contributed by atoms with Gasteiger partial charge in [-0.25, -0.2) is 15.4 Å². The van der Waals surface area contributed by atoms with E-state index in [1.54, 1.807) is 17.9 Å². The monoisotopic (exact) mass is 527 g/mol. The van der Waals surface area contributed by atoms with Crippen molar-refractivity contribution < 1.29 is 14.7 Å². The van der Waals surface area contributed by atoms with Crippen LogP contribution in [0.15, 0.2) is 42.9 Å². The lowest BCUT2D eigenvalue weighted by atomic mass is 10.0. The summed E-state index contributed by atoms with van der Waals surface area (Å²) in [6.07, 6.45) is 11.4. The van der Waals surface area contributed by atoms with Crippen LogP contribution in [0.3, 0.4) is 0 Å². The van der Waals surface area contributed by atoms with Crippen molar-refractivity contribution in [3.63, 3.8) is 0 Å². The third-order valence-corrected chi connectivity index (χ3v) is 6.67. The van der Waals surface area contributed by atoms with Crippen molar-refractivity contribution in [2.45, 2.75) is 51.5 Å². The second-order valence-corrected chi connectivity index (χ2v) is 9.62. The van der Waals surface area contributed by atoms with E-state index in [-0.39, 0.29) is 5.91 Å². The maximum absolute atomic E-state index is 11.0. The fourth-order valence-corrected chi connectivity index (χ4v) is 4.45. The van der Waals surface area contributed by atoms with Crippen molar-refractivity contribution in [2.24, 2.45) is 5.92 Å². The van der Waals surface area contributed by atoms with E-state index in [0.29, 0.717) is 23.2 Å². The second-order valence-electron chi connectivity index (χ2n) is 9.21. The van der Waals surface area contributed by atoms with Crippen LogP contribution in [-0.4, -0.2) is 50.6 Å². The average Bonchev–Trinajstić information content (AvgIpc) is 3.38. The smallest absolute Gasteiger partial charge is 0.243 e. The molecule has 0 radical (unpaired) electrons. The number of aryl methyl sites for hydroxylation is 1. The minimum absolute atomic E-state index is 0.340. The summed E-state index contributed by atoms with van der Waals surface area (Å²) < 4.78 is 7.33. The molecule has 0 unspecified atom stereocenters. The van der Waals surface area contributed by atoms with E-state index < -0.39 is 0 Å². The SMILES string of the molecule is O=C(CCCCCCn1cc(Nc2cc(-c3cccc(NCC4CCOCC4)n3)c(Cl)cn2)cn1)NO. The summed E-state index contributed by atoms with van der Waals surface area (Å²) in [7, 11) is 0. The molecule has 3 aromatic rings. The van der Waals surface area contributed by atoms with Gasteiger partial charge in [0, 0.05) is 50.7 Å². The molecular weight excluding hydrogens is 494 g/mol. The molecular formula is C26H34ClN7O3. The predicted octanol–water partition coefficient (Wildman–Crippen LogP) is 5.03. The van der Waals surface area contributed by atoms with Crippen molar-refractivity contribution in [3.8, 4) is 11.3 Å². The van der Waals surface area contributed by atoms with E-state index in [4.69, 9.17) is 26.5 Å². The van der Waals surface area contributed by atoms with Crippen LogP contribution in [0.2, 0.25) is 5.02 Å². The Morgan fingerprint density at radius 3 is 2.81 bits per heavy atom. The molecule has 4 N–H and O–H groups in total. The number of carbonyl (C=O) groups excluding carboxylic acids is 1. The number of rotatable bonds is 13. The minimum atomic E-state index is -0.340. The lowest BCUT2D eigenvalue weighted by Gasteiger charge is -2.22. The molecule has 0 atom stereocenters. The van der Waals surface area contributed by atoms with Crippen LogP contribution < -0.4 is 16.1 Å². The quantitative estimate of drug-likeness (QED) is 0.138. The molecule has 10 nitrogen and oxygen atoms in total. The topological polar surface area (TPSA) is 126 Å². The van der Waals surface area contributed by atoms with Gasteiger partial charge in [-0.1, -0.05) is 30.5 Å². The van der Waals surface area contributed by atoms with Crippen molar-refractivity contribution in [2.75, 3.05) is 30.4 Å². The summed E-state index contributed by atoms with van der Waals surface area (Å²) in [6.45, 7) is 3.31. The first-order valence-corrected chi connectivity index (χ1v) is 13.2. The molecule has 0 aromatic carbocycles. The highest BCUT2D eigenvalue weighted by atomic mass is 35.5. The Morgan fingerprint density at radius 2 is 1.97 bits per heavy atom. The number of amides is 1. The molecule has 1 aliphatic heterocycles. The molecule has 0 spiro atoms. The number of pyridine rings is 2. The molecule has 1 aliphatic rings. The van der Waals surface area contributed by atoms with E-state index in [9.17, 15) is 4.79 Å². The standard InChI is InChI=1S/C26H34ClN7O3/c27-22-17-29-25(31-20-16-30-34(18-20)11-4-2-1-3-8-26(35)33-36)14-21(22)23-6-5-7-24(32-23)28-15-19-9-12-37-13-10-19/h5-7,14,16-19,36H,1-4,8-13,15H2,(H,28,32)(H,29,31)(H,33,35). The number of aromatic nitrogens is 4. The molecule has 3 aromatic heterocycles. The Balaban J connectivity index is 1.30. The number of ether oxygens (including phenoxy) is 1. The summed E-state index contributed by atoms with van der Waals surface area (Å²) in [4.78, 5) is 20.2. The van der Waals surface area contributed by atoms with Crippen molar-refractivity contribution in [1.29, 1.82) is 0 Å². The third kappa shape index (κ3) is 8.41. The summed E-state index contributed by atoms with van der Waals surface area (Å²) in [5, 5.41) is 20.2. The highest BCUT2D eigenvalue weighted by Crippen LogP contribution is 2.30. The number of halogens is 1. The van der Waals surface area contributed by atoms with Crippen LogP contribution in [0.4, 0.5) is 17.3 Å². The van der Waals surface area contributed by atoms with Gasteiger partial charge in [-0.15, -0.1) is 0 Å². The summed E-state index contributed by atoms with van der Waals surface area (Å²) in [5.41, 5.74) is 4.07. The second kappa shape index (κ2) is 13.9. The zero-order chi connectivity index (χ0) is 25.9. The normalized spacial score (nSPS) is 13.9. The molecule has 1 fully saturated rings. The molecule has 11 heteroatoms. The zero-order valence-electron chi connectivity index (χ0n) is 20.8. The molecule has 1 saturated heterocycles. The van der Waals surface area contributed by atoms with Crippen molar-refractivity contribution >= 4 is 34.8 Å². The minimum Gasteiger partial charge on any atom is -0.381 e. The number of hydroxylamine groups is 1. The highest BCUT2D eigenvalue weighted by Gasteiger charge is 2.14. The maximum Gasteiger partial charge on any atom is 0.243 e. The first kappa shape index (κ1) is 26.8. The van der Waals surface area contributed by atoms with Gasteiger partial charge in [0.05, 0.1) is 22.6 Å². The lowest BCUT2D eigenvalue weighted by Crippen LogP contribution is -2.22. The molecule has 4 rings (SSSR count). The van der Waals surface area contributed by atoms with E-state index >= 15 is 0 Å². The Kier molecular flexibility index (Phi) is 10.1. The van der Waals surface area contributed by atoms with Gasteiger partial charge < -0.3 is 15.4 Å². The maximum atomic E-state index is 11.0. The fourth-order valence-electron chi connectivity index (χ4n) is 4.25. The van der Waals surface area contributed by atoms with Gasteiger partial charge >= 0.3 is 0 Å². The third-order valence-electron chi connectivity index (χ3n) is 6.36. The number of unbranched alkanes of at least 4 members (excludes halogenated alkanes) is 3. The Hall–Kier alpha value is -3.21. The van der Waals surface area contributed by atoms with E-state index in [1.165, 1.54) is 0 Å². The Labute approximate surface area is 221 Å². The molecule has 198 valence electrons. The largest absolute Gasteiger partial charge is 0.381 e. The predicted molar refractivity (Wildman–Crippen MR) is 143 cm³/mol. The first-order valence-electron chi connectivity index (χ1n) is 12.8. The Morgan fingerprint density at radius 1 is 1.14 bits per heavy atom. The summed E-state index contributed by atoms with van der Waals surface area (Å²) >= 11 is 6.49. The van der Waals surface area contributed by atoms with Crippen LogP contribution in [0.5, 0.6) is 0 Å². The zero-order valence-corrected chi connectivity index (χ0v) is 21.6. The number of hydrogen-bond acceptors (Lipinski definition) is 8. The molecule has 1 amide bonds. The number of anilines is 3. The summed E-state index contributed by atoms with van der Waals surface area (Å²) in [6, 6.07) is 7.78. The lowest BCUT2D eigenvalue weighted by molar-refractivity contribution is -0.129. The van der Waals surface area contributed by atoms with E-state index in [0.717, 1.165) is 87.6 Å². The van der Waals surface area contributed by atoms with Crippen LogP contribution in [-0.2, 0) is 16.1 Å². The molecule has 0 aliphatic carbocycles. The van der Waals surface area contributed by atoms with Crippen LogP contribution in [0, 0.1) is 5.92 Å². The van der Waals surface area contributed by atoms with E-state index in [2.05, 4.69) is 20.7 Å². The highest BCUT2D eigenvalue weighted by molar-refractivity contribution is 6.33. The fraction of sp³-hybridized carbons (Fsp3) is 0.462. The van der Waals surface area contributed by atoms with Gasteiger partial charge in [0.15, 0.2) is 0 Å². The molecule has 37 heavy (non-hydrogen) atoms. The van der Waals surface area contributed by atoms with Crippen LogP contribution >= 0.6 is 11.6 Å². The van der Waals surface area contributed by atoms with Gasteiger partial charge in [0.1, 0.15) is 11.6 Å².